The summed E-state index contributed by atoms with van der Waals surface area (Å²) in [5, 5.41) is 13.0. The largest absolute Gasteiger partial charge is 0.448 e. The summed E-state index contributed by atoms with van der Waals surface area (Å²) in [6, 6.07) is 11.7. The van der Waals surface area contributed by atoms with E-state index in [1.807, 2.05) is 12.1 Å². The molecule has 42 heavy (non-hydrogen) atoms. The molecule has 1 aliphatic carbocycles. The van der Waals surface area contributed by atoms with Crippen molar-refractivity contribution in [1.29, 1.82) is 0 Å². The molecule has 4 heterocycles. The highest BCUT2D eigenvalue weighted by atomic mass is 16.5. The maximum Gasteiger partial charge on any atom is 0.448 e. The van der Waals surface area contributed by atoms with Crippen molar-refractivity contribution in [3.63, 3.8) is 0 Å². The highest BCUT2D eigenvalue weighted by Crippen LogP contribution is 2.33. The monoisotopic (exact) mass is 568 g/mol. The van der Waals surface area contributed by atoms with Crippen molar-refractivity contribution in [2.75, 3.05) is 0 Å². The highest BCUT2D eigenvalue weighted by Gasteiger charge is 2.27. The zero-order valence-corrected chi connectivity index (χ0v) is 21.8. The minimum absolute atomic E-state index is 0.113. The number of hydrogen-bond donors (Lipinski definition) is 3. The van der Waals surface area contributed by atoms with Gasteiger partial charge in [0.2, 0.25) is 0 Å². The first-order valence-electron chi connectivity index (χ1n) is 12.9. The third kappa shape index (κ3) is 4.42. The first kappa shape index (κ1) is 25.1. The first-order chi connectivity index (χ1) is 20.3. The zero-order chi connectivity index (χ0) is 29.0. The fourth-order valence-electron chi connectivity index (χ4n) is 5.11. The molecule has 0 radical (unpaired) electrons. The number of H-pyrrole nitrogens is 1. The Morgan fingerprint density at radius 2 is 1.93 bits per heavy atom. The van der Waals surface area contributed by atoms with E-state index in [9.17, 15) is 19.2 Å². The molecule has 0 spiro atoms. The van der Waals surface area contributed by atoms with Crippen LogP contribution in [-0.2, 0) is 13.0 Å². The zero-order valence-electron chi connectivity index (χ0n) is 21.8. The predicted molar refractivity (Wildman–Crippen MR) is 143 cm³/mol. The molecule has 2 aromatic carbocycles. The second-order valence-corrected chi connectivity index (χ2v) is 9.75. The number of aromatic amines is 1. The summed E-state index contributed by atoms with van der Waals surface area (Å²) in [4.78, 5) is 61.1. The normalized spacial score (nSPS) is 14.4. The number of nitrogens with one attached hydrogen (secondary N) is 3. The smallest absolute Gasteiger partial charge is 0.441 e. The van der Waals surface area contributed by atoms with Crippen LogP contribution in [-0.4, -0.2) is 41.5 Å². The lowest BCUT2D eigenvalue weighted by Crippen LogP contribution is -2.31. The number of rotatable bonds is 6. The van der Waals surface area contributed by atoms with Gasteiger partial charge >= 0.3 is 11.5 Å². The molecule has 6 aromatic rings. The van der Waals surface area contributed by atoms with Crippen LogP contribution < -0.4 is 22.1 Å². The Balaban J connectivity index is 1.12. The van der Waals surface area contributed by atoms with Crippen LogP contribution in [0, 0.1) is 6.92 Å². The van der Waals surface area contributed by atoms with E-state index in [-0.39, 0.29) is 29.8 Å². The van der Waals surface area contributed by atoms with Gasteiger partial charge < -0.3 is 15.1 Å². The minimum atomic E-state index is -0.914. The summed E-state index contributed by atoms with van der Waals surface area (Å²) in [7, 11) is 0. The van der Waals surface area contributed by atoms with Crippen LogP contribution in [0.15, 0.2) is 65.5 Å². The van der Waals surface area contributed by atoms with Crippen molar-refractivity contribution in [2.24, 2.45) is 0 Å². The first-order valence-corrected chi connectivity index (χ1v) is 12.9. The Labute approximate surface area is 233 Å². The molecule has 0 saturated carbocycles. The number of nitrogens with zero attached hydrogens (tertiary/aromatic N) is 5. The summed E-state index contributed by atoms with van der Waals surface area (Å²) in [6.45, 7) is 1.86. The van der Waals surface area contributed by atoms with Crippen molar-refractivity contribution in [2.45, 2.75) is 32.4 Å². The van der Waals surface area contributed by atoms with Crippen LogP contribution in [0.5, 0.6) is 0 Å². The van der Waals surface area contributed by atoms with Gasteiger partial charge in [0.05, 0.1) is 6.04 Å². The van der Waals surface area contributed by atoms with E-state index in [4.69, 9.17) is 8.94 Å². The van der Waals surface area contributed by atoms with Crippen molar-refractivity contribution >= 4 is 28.7 Å². The summed E-state index contributed by atoms with van der Waals surface area (Å²) in [5.74, 6) is -2.14. The molecule has 0 bridgehead atoms. The molecule has 3 N–H and O–H groups in total. The van der Waals surface area contributed by atoms with Gasteiger partial charge in [-0.3, -0.25) is 23.6 Å². The Morgan fingerprint density at radius 3 is 2.76 bits per heavy atom. The lowest BCUT2D eigenvalue weighted by molar-refractivity contribution is 0.0931. The predicted octanol–water partition coefficient (Wildman–Crippen LogP) is 1.82. The number of fused-ring (bicyclic) bond motifs is 3. The molecule has 0 aliphatic heterocycles. The summed E-state index contributed by atoms with van der Waals surface area (Å²) < 4.78 is 15.7. The molecule has 2 amide bonds. The number of carbonyl (C=O) groups is 2. The molecular formula is C27H20N8O7. The summed E-state index contributed by atoms with van der Waals surface area (Å²) in [5.41, 5.74) is 4.32. The van der Waals surface area contributed by atoms with Crippen LogP contribution >= 0.6 is 0 Å². The second kappa shape index (κ2) is 9.65. The molecule has 0 saturated heterocycles. The van der Waals surface area contributed by atoms with Gasteiger partial charge in [-0.2, -0.15) is 0 Å². The molecule has 4 aromatic heterocycles. The SMILES string of the molecule is Cc1nc2cc(CNC(=O)c3cc(C(=O)N[C@H]4CCc5cc(-c6noc(=O)[nH]6)ccc54)nc4noc(=O)n34)ccc2o1. The molecule has 15 nitrogen and oxygen atoms in total. The number of aryl methyl sites for hydroxylation is 2. The van der Waals surface area contributed by atoms with Crippen molar-refractivity contribution in [3.8, 4) is 11.4 Å². The van der Waals surface area contributed by atoms with Gasteiger partial charge in [-0.15, -0.1) is 0 Å². The number of oxazole rings is 1. The average molecular weight is 569 g/mol. The molecule has 0 unspecified atom stereocenters. The molecule has 210 valence electrons. The van der Waals surface area contributed by atoms with E-state index in [1.165, 1.54) is 6.07 Å². The van der Waals surface area contributed by atoms with E-state index >= 15 is 0 Å². The van der Waals surface area contributed by atoms with E-state index in [0.29, 0.717) is 41.2 Å². The maximum atomic E-state index is 13.3. The fraction of sp³-hybridized carbons (Fsp3) is 0.185. The molecule has 0 fully saturated rings. The Morgan fingerprint density at radius 1 is 1.05 bits per heavy atom. The summed E-state index contributed by atoms with van der Waals surface area (Å²) >= 11 is 0. The fourth-order valence-corrected chi connectivity index (χ4v) is 5.11. The van der Waals surface area contributed by atoms with Crippen LogP contribution in [0.3, 0.4) is 0 Å². The number of benzene rings is 2. The lowest BCUT2D eigenvalue weighted by Gasteiger charge is -2.15. The second-order valence-electron chi connectivity index (χ2n) is 9.75. The van der Waals surface area contributed by atoms with E-state index in [2.05, 4.69) is 40.4 Å². The maximum absolute atomic E-state index is 13.3. The molecule has 15 heteroatoms. The van der Waals surface area contributed by atoms with Crippen molar-refractivity contribution in [1.82, 2.24) is 40.3 Å². The third-order valence-electron chi connectivity index (χ3n) is 7.04. The van der Waals surface area contributed by atoms with Gasteiger partial charge in [-0.25, -0.2) is 24.0 Å². The lowest BCUT2D eigenvalue weighted by atomic mass is 10.0. The van der Waals surface area contributed by atoms with E-state index < -0.39 is 23.3 Å². The average Bonchev–Trinajstić information content (AvgIpc) is 3.77. The van der Waals surface area contributed by atoms with Crippen molar-refractivity contribution in [3.05, 3.63) is 97.5 Å². The van der Waals surface area contributed by atoms with Gasteiger partial charge in [0.15, 0.2) is 17.3 Å². The van der Waals surface area contributed by atoms with Crippen LogP contribution in [0.1, 0.15) is 56.0 Å². The van der Waals surface area contributed by atoms with Crippen molar-refractivity contribution < 1.29 is 23.1 Å². The number of aromatic nitrogens is 6. The Kier molecular flexibility index (Phi) is 5.78. The Bertz CT molecular complexity index is 2150. The molecular weight excluding hydrogens is 548 g/mol. The third-order valence-corrected chi connectivity index (χ3v) is 7.04. The Hall–Kier alpha value is -5.86. The molecule has 1 aliphatic rings. The van der Waals surface area contributed by atoms with Crippen LogP contribution in [0.2, 0.25) is 0 Å². The highest BCUT2D eigenvalue weighted by molar-refractivity contribution is 5.98. The quantitative estimate of drug-likeness (QED) is 0.264. The van der Waals surface area contributed by atoms with Crippen LogP contribution in [0.25, 0.3) is 28.3 Å². The van der Waals surface area contributed by atoms with E-state index in [0.717, 1.165) is 21.1 Å². The van der Waals surface area contributed by atoms with Gasteiger partial charge in [0.25, 0.3) is 17.6 Å². The summed E-state index contributed by atoms with van der Waals surface area (Å²) in [6.07, 6.45) is 1.29. The number of hydrogen-bond acceptors (Lipinski definition) is 11. The number of amides is 2. The molecule has 7 rings (SSSR count). The topological polar surface area (TPSA) is 204 Å². The van der Waals surface area contributed by atoms with Gasteiger partial charge in [0, 0.05) is 19.0 Å². The van der Waals surface area contributed by atoms with Gasteiger partial charge in [-0.05, 0) is 59.0 Å². The number of carbonyl (C=O) groups excluding carboxylic acids is 2. The van der Waals surface area contributed by atoms with Crippen LogP contribution in [0.4, 0.5) is 0 Å². The van der Waals surface area contributed by atoms with Gasteiger partial charge in [0.1, 0.15) is 16.9 Å². The minimum Gasteiger partial charge on any atom is -0.441 e. The standard InChI is InChI=1S/C27H20N8O7/c1-12-29-18-8-13(2-7-21(18)40-12)11-28-24(37)20-10-19(31-25-34-42-27(39)35(20)25)23(36)30-17-6-4-14-9-15(3-5-16(14)17)22-32-26(38)41-33-22/h2-3,5,7-10,17H,4,6,11H2,1H3,(H,28,37)(H,30,36)(H,32,33,38)/t17-/m0/s1. The molecule has 1 atom stereocenters. The van der Waals surface area contributed by atoms with Gasteiger partial charge in [-0.1, -0.05) is 23.4 Å². The van der Waals surface area contributed by atoms with E-state index in [1.54, 1.807) is 31.2 Å².